The molecule has 2 N–H and O–H groups in total. The molecule has 2 aliphatic heterocycles. The monoisotopic (exact) mass is 370 g/mol. The number of nitrogens with two attached hydrogens (primary N) is 1. The standard InChI is InChI=1S/C18H18N4O3S/c19-18-21-12-3-1-2-11(15(12)26-18)17(23)22-6-4-14-13(8-22)20-16(25-14)10-5-7-24-9-10/h1-3,10H,4-9H2,(H2,19,21). The lowest BCUT2D eigenvalue weighted by Gasteiger charge is -2.25. The van der Waals surface area contributed by atoms with Crippen molar-refractivity contribution in [3.63, 3.8) is 0 Å². The molecule has 1 aromatic carbocycles. The van der Waals surface area contributed by atoms with Crippen molar-refractivity contribution in [2.45, 2.75) is 25.3 Å². The fraction of sp³-hybridized carbons (Fsp3) is 0.389. The van der Waals surface area contributed by atoms with E-state index < -0.39 is 0 Å². The van der Waals surface area contributed by atoms with Crippen LogP contribution in [-0.4, -0.2) is 40.5 Å². The number of carbonyl (C=O) groups is 1. The van der Waals surface area contributed by atoms with E-state index in [1.165, 1.54) is 11.3 Å². The minimum Gasteiger partial charge on any atom is -0.445 e. The molecule has 1 saturated heterocycles. The number of nitrogens with zero attached hydrogens (tertiary/aromatic N) is 3. The molecule has 0 radical (unpaired) electrons. The number of amides is 1. The van der Waals surface area contributed by atoms with Crippen molar-refractivity contribution in [2.24, 2.45) is 0 Å². The molecule has 8 heteroatoms. The van der Waals surface area contributed by atoms with Crippen molar-refractivity contribution >= 4 is 32.6 Å². The lowest BCUT2D eigenvalue weighted by atomic mass is 10.1. The zero-order valence-corrected chi connectivity index (χ0v) is 14.9. The van der Waals surface area contributed by atoms with Crippen LogP contribution in [-0.2, 0) is 17.7 Å². The third kappa shape index (κ3) is 2.57. The molecular weight excluding hydrogens is 352 g/mol. The summed E-state index contributed by atoms with van der Waals surface area (Å²) in [5.41, 5.74) is 8.09. The second-order valence-electron chi connectivity index (χ2n) is 6.67. The number of hydrogen-bond acceptors (Lipinski definition) is 7. The smallest absolute Gasteiger partial charge is 0.255 e. The number of oxazole rings is 1. The van der Waals surface area contributed by atoms with Gasteiger partial charge in [0.2, 0.25) is 0 Å². The van der Waals surface area contributed by atoms with Crippen LogP contribution in [0.25, 0.3) is 10.2 Å². The summed E-state index contributed by atoms with van der Waals surface area (Å²) in [6.45, 7) is 2.50. The summed E-state index contributed by atoms with van der Waals surface area (Å²) in [4.78, 5) is 23.8. The summed E-state index contributed by atoms with van der Waals surface area (Å²) < 4.78 is 12.2. The number of hydrogen-bond donors (Lipinski definition) is 1. The lowest BCUT2D eigenvalue weighted by molar-refractivity contribution is 0.0730. The first kappa shape index (κ1) is 15.8. The van der Waals surface area contributed by atoms with E-state index in [-0.39, 0.29) is 11.8 Å². The highest BCUT2D eigenvalue weighted by Gasteiger charge is 2.30. The Balaban J connectivity index is 1.42. The highest BCUT2D eigenvalue weighted by atomic mass is 32.1. The highest BCUT2D eigenvalue weighted by Crippen LogP contribution is 2.31. The van der Waals surface area contributed by atoms with Gasteiger partial charge in [0, 0.05) is 19.6 Å². The molecule has 7 nitrogen and oxygen atoms in total. The van der Waals surface area contributed by atoms with Crippen LogP contribution in [0, 0.1) is 0 Å². The number of thiazole rings is 1. The maximum Gasteiger partial charge on any atom is 0.255 e. The average Bonchev–Trinajstić information content (AvgIpc) is 3.37. The van der Waals surface area contributed by atoms with E-state index in [9.17, 15) is 4.79 Å². The molecule has 5 rings (SSSR count). The van der Waals surface area contributed by atoms with E-state index in [1.54, 1.807) is 0 Å². The fourth-order valence-corrected chi connectivity index (χ4v) is 4.44. The van der Waals surface area contributed by atoms with Gasteiger partial charge in [0.1, 0.15) is 11.5 Å². The van der Waals surface area contributed by atoms with Crippen LogP contribution in [0.4, 0.5) is 5.13 Å². The predicted octanol–water partition coefficient (Wildman–Crippen LogP) is 2.57. The Bertz CT molecular complexity index is 990. The summed E-state index contributed by atoms with van der Waals surface area (Å²) in [7, 11) is 0. The van der Waals surface area contributed by atoms with E-state index in [0.717, 1.165) is 40.6 Å². The molecule has 0 bridgehead atoms. The number of nitrogen functional groups attached to an aromatic ring is 1. The Morgan fingerprint density at radius 2 is 2.27 bits per heavy atom. The quantitative estimate of drug-likeness (QED) is 0.745. The van der Waals surface area contributed by atoms with E-state index in [2.05, 4.69) is 9.97 Å². The van der Waals surface area contributed by atoms with E-state index in [0.29, 0.717) is 36.8 Å². The van der Waals surface area contributed by atoms with Gasteiger partial charge >= 0.3 is 0 Å². The SMILES string of the molecule is Nc1nc2cccc(C(=O)N3CCc4oc(C5CCOC5)nc4C3)c2s1. The van der Waals surface area contributed by atoms with Gasteiger partial charge < -0.3 is 19.8 Å². The van der Waals surface area contributed by atoms with Gasteiger partial charge in [-0.3, -0.25) is 4.79 Å². The van der Waals surface area contributed by atoms with Crippen molar-refractivity contribution in [3.8, 4) is 0 Å². The molecule has 0 saturated carbocycles. The van der Waals surface area contributed by atoms with Crippen molar-refractivity contribution in [1.29, 1.82) is 0 Å². The van der Waals surface area contributed by atoms with Gasteiger partial charge in [0.05, 0.1) is 34.8 Å². The van der Waals surface area contributed by atoms with Gasteiger partial charge in [-0.05, 0) is 18.6 Å². The van der Waals surface area contributed by atoms with Crippen LogP contribution < -0.4 is 5.73 Å². The minimum absolute atomic E-state index is 0.0151. The molecule has 1 atom stereocenters. The molecule has 3 aromatic rings. The molecule has 2 aliphatic rings. The largest absolute Gasteiger partial charge is 0.445 e. The first-order valence-corrected chi connectivity index (χ1v) is 9.51. The first-order chi connectivity index (χ1) is 12.7. The van der Waals surface area contributed by atoms with Gasteiger partial charge in [-0.2, -0.15) is 0 Å². The molecule has 4 heterocycles. The summed E-state index contributed by atoms with van der Waals surface area (Å²) in [5.74, 6) is 1.87. The molecule has 1 amide bonds. The summed E-state index contributed by atoms with van der Waals surface area (Å²) in [6, 6.07) is 5.56. The Kier molecular flexibility index (Phi) is 3.68. The van der Waals surface area contributed by atoms with Crippen LogP contribution in [0.5, 0.6) is 0 Å². The number of anilines is 1. The molecule has 0 aliphatic carbocycles. The molecule has 0 spiro atoms. The topological polar surface area (TPSA) is 94.5 Å². The molecule has 2 aromatic heterocycles. The van der Waals surface area contributed by atoms with E-state index in [4.69, 9.17) is 14.9 Å². The number of carbonyl (C=O) groups excluding carboxylic acids is 1. The van der Waals surface area contributed by atoms with Gasteiger partial charge in [-0.1, -0.05) is 17.4 Å². The number of rotatable bonds is 2. The Hall–Kier alpha value is -2.45. The average molecular weight is 370 g/mol. The van der Waals surface area contributed by atoms with Gasteiger partial charge in [-0.25, -0.2) is 9.97 Å². The van der Waals surface area contributed by atoms with Crippen LogP contribution in [0.2, 0.25) is 0 Å². The summed E-state index contributed by atoms with van der Waals surface area (Å²) in [5, 5.41) is 0.473. The number of benzene rings is 1. The molecule has 1 fully saturated rings. The molecular formula is C18H18N4O3S. The minimum atomic E-state index is -0.0151. The maximum atomic E-state index is 13.1. The fourth-order valence-electron chi connectivity index (χ4n) is 3.60. The van der Waals surface area contributed by atoms with Crippen LogP contribution in [0.1, 0.15) is 40.0 Å². The van der Waals surface area contributed by atoms with Crippen LogP contribution in [0.3, 0.4) is 0 Å². The van der Waals surface area contributed by atoms with Crippen molar-refractivity contribution < 1.29 is 13.9 Å². The van der Waals surface area contributed by atoms with Gasteiger partial charge in [0.25, 0.3) is 5.91 Å². The zero-order chi connectivity index (χ0) is 17.7. The Labute approximate surface area is 153 Å². The first-order valence-electron chi connectivity index (χ1n) is 8.69. The zero-order valence-electron chi connectivity index (χ0n) is 14.1. The van der Waals surface area contributed by atoms with Crippen molar-refractivity contribution in [2.75, 3.05) is 25.5 Å². The lowest BCUT2D eigenvalue weighted by Crippen LogP contribution is -2.35. The van der Waals surface area contributed by atoms with Gasteiger partial charge in [-0.15, -0.1) is 0 Å². The highest BCUT2D eigenvalue weighted by molar-refractivity contribution is 7.22. The molecule has 1 unspecified atom stereocenters. The Morgan fingerprint density at radius 3 is 3.12 bits per heavy atom. The molecule has 26 heavy (non-hydrogen) atoms. The third-order valence-electron chi connectivity index (χ3n) is 4.97. The van der Waals surface area contributed by atoms with Crippen molar-refractivity contribution in [3.05, 3.63) is 41.1 Å². The molecule has 134 valence electrons. The van der Waals surface area contributed by atoms with Crippen LogP contribution in [0.15, 0.2) is 22.6 Å². The summed E-state index contributed by atoms with van der Waals surface area (Å²) in [6.07, 6.45) is 1.62. The number of aromatic nitrogens is 2. The van der Waals surface area contributed by atoms with E-state index in [1.807, 2.05) is 23.1 Å². The Morgan fingerprint density at radius 1 is 1.35 bits per heavy atom. The number of ether oxygens (including phenoxy) is 1. The van der Waals surface area contributed by atoms with Crippen LogP contribution >= 0.6 is 11.3 Å². The van der Waals surface area contributed by atoms with Gasteiger partial charge in [0.15, 0.2) is 11.0 Å². The predicted molar refractivity (Wildman–Crippen MR) is 97.2 cm³/mol. The number of fused-ring (bicyclic) bond motifs is 2. The normalized spacial score (nSPS) is 19.8. The second kappa shape index (κ2) is 6.07. The maximum absolute atomic E-state index is 13.1. The van der Waals surface area contributed by atoms with Crippen molar-refractivity contribution in [1.82, 2.24) is 14.9 Å². The second-order valence-corrected chi connectivity index (χ2v) is 7.70. The summed E-state index contributed by atoms with van der Waals surface area (Å²) >= 11 is 1.35. The van der Waals surface area contributed by atoms with E-state index >= 15 is 0 Å². The third-order valence-corrected chi connectivity index (χ3v) is 5.91.